The van der Waals surface area contributed by atoms with E-state index in [1.807, 2.05) is 18.2 Å². The first-order valence-corrected chi connectivity index (χ1v) is 5.27. The summed E-state index contributed by atoms with van der Waals surface area (Å²) in [4.78, 5) is 4.57. The summed E-state index contributed by atoms with van der Waals surface area (Å²) in [5, 5.41) is 0. The predicted octanol–water partition coefficient (Wildman–Crippen LogP) is 2.97. The lowest BCUT2D eigenvalue weighted by Crippen LogP contribution is -1.82. The van der Waals surface area contributed by atoms with Gasteiger partial charge in [-0.1, -0.05) is 6.07 Å². The number of rotatable bonds is 1. The number of imidazole rings is 1. The Hall–Kier alpha value is -0.830. The van der Waals surface area contributed by atoms with Crippen molar-refractivity contribution >= 4 is 21.6 Å². The number of aromatic nitrogens is 2. The summed E-state index contributed by atoms with van der Waals surface area (Å²) in [7, 11) is 0. The van der Waals surface area contributed by atoms with Gasteiger partial charge in [0, 0.05) is 12.1 Å². The highest BCUT2D eigenvalue weighted by Crippen LogP contribution is 2.39. The molecule has 66 valence electrons. The molecule has 0 aliphatic heterocycles. The van der Waals surface area contributed by atoms with Crippen LogP contribution in [0.3, 0.4) is 0 Å². The normalized spacial score (nSPS) is 16.7. The van der Waals surface area contributed by atoms with E-state index in [1.165, 1.54) is 18.5 Å². The third kappa shape index (κ3) is 1.18. The van der Waals surface area contributed by atoms with E-state index in [0.717, 1.165) is 16.2 Å². The second kappa shape index (κ2) is 2.58. The molecule has 0 N–H and O–H groups in total. The Labute approximate surface area is 84.7 Å². The van der Waals surface area contributed by atoms with Gasteiger partial charge in [0.05, 0.1) is 10.3 Å². The van der Waals surface area contributed by atoms with E-state index < -0.39 is 0 Å². The summed E-state index contributed by atoms with van der Waals surface area (Å²) < 4.78 is 3.16. The van der Waals surface area contributed by atoms with E-state index in [1.54, 1.807) is 0 Å². The average Bonchev–Trinajstić information content (AvgIpc) is 2.87. The van der Waals surface area contributed by atoms with Crippen LogP contribution in [0.15, 0.2) is 29.0 Å². The van der Waals surface area contributed by atoms with Gasteiger partial charge in [0.15, 0.2) is 0 Å². The minimum absolute atomic E-state index is 0.729. The van der Waals surface area contributed by atoms with Gasteiger partial charge in [-0.3, -0.25) is 4.40 Å². The van der Waals surface area contributed by atoms with E-state index in [4.69, 9.17) is 0 Å². The number of hydrogen-bond donors (Lipinski definition) is 0. The van der Waals surface area contributed by atoms with Gasteiger partial charge in [-0.15, -0.1) is 0 Å². The molecule has 0 atom stereocenters. The molecule has 3 heteroatoms. The highest BCUT2D eigenvalue weighted by Gasteiger charge is 2.26. The third-order valence-electron chi connectivity index (χ3n) is 2.46. The lowest BCUT2D eigenvalue weighted by atomic mass is 10.3. The summed E-state index contributed by atoms with van der Waals surface area (Å²) in [6.45, 7) is 0. The molecule has 2 heterocycles. The summed E-state index contributed by atoms with van der Waals surface area (Å²) in [6.07, 6.45) is 4.75. The quantitative estimate of drug-likeness (QED) is 0.697. The first-order chi connectivity index (χ1) is 6.34. The van der Waals surface area contributed by atoms with Crippen LogP contribution < -0.4 is 0 Å². The molecule has 0 spiro atoms. The maximum Gasteiger partial charge on any atom is 0.137 e. The summed E-state index contributed by atoms with van der Waals surface area (Å²) in [6, 6.07) is 6.09. The van der Waals surface area contributed by atoms with Crippen LogP contribution in [-0.4, -0.2) is 9.38 Å². The van der Waals surface area contributed by atoms with Gasteiger partial charge in [-0.2, -0.15) is 0 Å². The second-order valence-electron chi connectivity index (χ2n) is 3.52. The van der Waals surface area contributed by atoms with Crippen LogP contribution in [-0.2, 0) is 0 Å². The first-order valence-electron chi connectivity index (χ1n) is 4.48. The topological polar surface area (TPSA) is 17.3 Å². The Balaban J connectivity index is 2.26. The van der Waals surface area contributed by atoms with Crippen LogP contribution in [0.1, 0.15) is 24.5 Å². The number of nitrogens with zero attached hydrogens (tertiary/aromatic N) is 2. The van der Waals surface area contributed by atoms with Crippen molar-refractivity contribution in [1.29, 1.82) is 0 Å². The van der Waals surface area contributed by atoms with E-state index in [9.17, 15) is 0 Å². The zero-order valence-corrected chi connectivity index (χ0v) is 8.66. The van der Waals surface area contributed by atoms with Gasteiger partial charge in [0.1, 0.15) is 5.65 Å². The lowest BCUT2D eigenvalue weighted by molar-refractivity contribution is 1.05. The van der Waals surface area contributed by atoms with Crippen molar-refractivity contribution in [3.63, 3.8) is 0 Å². The lowest BCUT2D eigenvalue weighted by Gasteiger charge is -1.93. The van der Waals surface area contributed by atoms with Crippen LogP contribution >= 0.6 is 15.9 Å². The van der Waals surface area contributed by atoms with Gasteiger partial charge < -0.3 is 0 Å². The molecular formula is C10H9BrN2. The molecule has 0 bridgehead atoms. The zero-order chi connectivity index (χ0) is 8.84. The first kappa shape index (κ1) is 7.56. The molecule has 3 rings (SSSR count). The van der Waals surface area contributed by atoms with Crippen LogP contribution in [0, 0.1) is 0 Å². The SMILES string of the molecule is Brc1cccc2nc(C3CC3)cn12. The molecular weight excluding hydrogens is 228 g/mol. The van der Waals surface area contributed by atoms with E-state index in [2.05, 4.69) is 31.5 Å². The standard InChI is InChI=1S/C10H9BrN2/c11-9-2-1-3-10-12-8(6-13(9)10)7-4-5-7/h1-3,6-7H,4-5H2. The molecule has 13 heavy (non-hydrogen) atoms. The van der Waals surface area contributed by atoms with Crippen molar-refractivity contribution < 1.29 is 0 Å². The third-order valence-corrected chi connectivity index (χ3v) is 3.10. The fourth-order valence-electron chi connectivity index (χ4n) is 1.57. The van der Waals surface area contributed by atoms with Crippen molar-refractivity contribution in [2.24, 2.45) is 0 Å². The Morgan fingerprint density at radius 1 is 1.38 bits per heavy atom. The van der Waals surface area contributed by atoms with E-state index in [-0.39, 0.29) is 0 Å². The largest absolute Gasteiger partial charge is 0.294 e. The highest BCUT2D eigenvalue weighted by molar-refractivity contribution is 9.10. The Bertz CT molecular complexity index is 457. The van der Waals surface area contributed by atoms with Gasteiger partial charge in [-0.25, -0.2) is 4.98 Å². The minimum Gasteiger partial charge on any atom is -0.294 e. The fraction of sp³-hybridized carbons (Fsp3) is 0.300. The Kier molecular flexibility index (Phi) is 1.50. The number of fused-ring (bicyclic) bond motifs is 1. The van der Waals surface area contributed by atoms with Crippen molar-refractivity contribution in [2.75, 3.05) is 0 Å². The van der Waals surface area contributed by atoms with Crippen LogP contribution in [0.5, 0.6) is 0 Å². The predicted molar refractivity (Wildman–Crippen MR) is 54.9 cm³/mol. The monoisotopic (exact) mass is 236 g/mol. The molecule has 2 aromatic heterocycles. The molecule has 1 aliphatic carbocycles. The van der Waals surface area contributed by atoms with Crippen LogP contribution in [0.2, 0.25) is 0 Å². The summed E-state index contributed by atoms with van der Waals surface area (Å²) in [5.74, 6) is 0.729. The number of hydrogen-bond acceptors (Lipinski definition) is 1. The molecule has 0 aromatic carbocycles. The van der Waals surface area contributed by atoms with Crippen molar-refractivity contribution in [3.05, 3.63) is 34.7 Å². The molecule has 1 aliphatic rings. The smallest absolute Gasteiger partial charge is 0.137 e. The molecule has 2 aromatic rings. The molecule has 0 radical (unpaired) electrons. The van der Waals surface area contributed by atoms with Gasteiger partial charge >= 0.3 is 0 Å². The summed E-state index contributed by atoms with van der Waals surface area (Å²) in [5.41, 5.74) is 2.28. The zero-order valence-electron chi connectivity index (χ0n) is 7.07. The van der Waals surface area contributed by atoms with Crippen molar-refractivity contribution in [2.45, 2.75) is 18.8 Å². The van der Waals surface area contributed by atoms with E-state index in [0.29, 0.717) is 0 Å². The maximum absolute atomic E-state index is 4.57. The molecule has 0 saturated heterocycles. The molecule has 1 fully saturated rings. The van der Waals surface area contributed by atoms with Gasteiger partial charge in [-0.05, 0) is 40.9 Å². The number of halogens is 1. The minimum atomic E-state index is 0.729. The van der Waals surface area contributed by atoms with Crippen molar-refractivity contribution in [1.82, 2.24) is 9.38 Å². The summed E-state index contributed by atoms with van der Waals surface area (Å²) >= 11 is 3.50. The second-order valence-corrected chi connectivity index (χ2v) is 4.33. The number of pyridine rings is 1. The molecule has 0 unspecified atom stereocenters. The van der Waals surface area contributed by atoms with Gasteiger partial charge in [0.25, 0.3) is 0 Å². The fourth-order valence-corrected chi connectivity index (χ4v) is 2.01. The molecule has 0 amide bonds. The molecule has 1 saturated carbocycles. The highest BCUT2D eigenvalue weighted by atomic mass is 79.9. The van der Waals surface area contributed by atoms with Crippen LogP contribution in [0.25, 0.3) is 5.65 Å². The molecule has 2 nitrogen and oxygen atoms in total. The Morgan fingerprint density at radius 2 is 2.23 bits per heavy atom. The van der Waals surface area contributed by atoms with Crippen LogP contribution in [0.4, 0.5) is 0 Å². The van der Waals surface area contributed by atoms with Crippen molar-refractivity contribution in [3.8, 4) is 0 Å². The maximum atomic E-state index is 4.57. The van der Waals surface area contributed by atoms with E-state index >= 15 is 0 Å². The Morgan fingerprint density at radius 3 is 2.92 bits per heavy atom. The average molecular weight is 237 g/mol. The van der Waals surface area contributed by atoms with Gasteiger partial charge in [0.2, 0.25) is 0 Å².